The Balaban J connectivity index is 1.69. The second-order valence-electron chi connectivity index (χ2n) is 7.65. The molecule has 6 heteroatoms. The third-order valence-corrected chi connectivity index (χ3v) is 7.84. The van der Waals surface area contributed by atoms with Crippen LogP contribution in [0.4, 0.5) is 0 Å². The summed E-state index contributed by atoms with van der Waals surface area (Å²) in [4.78, 5) is 0. The van der Waals surface area contributed by atoms with Gasteiger partial charge in [-0.25, -0.2) is 12.7 Å². The number of nitrogens with one attached hydrogen (secondary N) is 1. The molecule has 0 bridgehead atoms. The zero-order chi connectivity index (χ0) is 18.6. The summed E-state index contributed by atoms with van der Waals surface area (Å²) in [6, 6.07) is 6.31. The first kappa shape index (κ1) is 19.6. The van der Waals surface area contributed by atoms with Crippen molar-refractivity contribution in [3.63, 3.8) is 0 Å². The largest absolute Gasteiger partial charge is 0.496 e. The number of hydrogen-bond acceptors (Lipinski definition) is 4. The van der Waals surface area contributed by atoms with E-state index in [1.54, 1.807) is 11.4 Å². The smallest absolute Gasteiger partial charge is 0.214 e. The van der Waals surface area contributed by atoms with E-state index in [0.29, 0.717) is 25.4 Å². The molecule has 5 nitrogen and oxygen atoms in total. The van der Waals surface area contributed by atoms with Crippen LogP contribution in [0.5, 0.6) is 5.75 Å². The number of rotatable bonds is 7. The van der Waals surface area contributed by atoms with Gasteiger partial charge < -0.3 is 10.1 Å². The fraction of sp³-hybridized carbons (Fsp3) is 0.700. The van der Waals surface area contributed by atoms with Crippen molar-refractivity contribution >= 4 is 10.0 Å². The van der Waals surface area contributed by atoms with Crippen LogP contribution in [0, 0.1) is 0 Å². The molecule has 0 saturated carbocycles. The third-order valence-electron chi connectivity index (χ3n) is 5.88. The Morgan fingerprint density at radius 1 is 1.31 bits per heavy atom. The van der Waals surface area contributed by atoms with Gasteiger partial charge in [0.2, 0.25) is 10.0 Å². The van der Waals surface area contributed by atoms with Crippen LogP contribution in [0.15, 0.2) is 18.2 Å². The molecule has 1 unspecified atom stereocenters. The molecule has 1 fully saturated rings. The van der Waals surface area contributed by atoms with E-state index < -0.39 is 10.0 Å². The van der Waals surface area contributed by atoms with Crippen molar-refractivity contribution in [1.82, 2.24) is 9.62 Å². The van der Waals surface area contributed by atoms with Gasteiger partial charge in [-0.15, -0.1) is 0 Å². The topological polar surface area (TPSA) is 58.6 Å². The molecule has 1 aromatic carbocycles. The lowest BCUT2D eigenvalue weighted by atomic mass is 9.75. The Kier molecular flexibility index (Phi) is 6.25. The fourth-order valence-corrected chi connectivity index (χ4v) is 6.11. The molecule has 0 amide bonds. The second kappa shape index (κ2) is 8.28. The zero-order valence-corrected chi connectivity index (χ0v) is 16.9. The Morgan fingerprint density at radius 2 is 2.15 bits per heavy atom. The van der Waals surface area contributed by atoms with E-state index in [-0.39, 0.29) is 5.54 Å². The first-order valence-corrected chi connectivity index (χ1v) is 11.5. The summed E-state index contributed by atoms with van der Waals surface area (Å²) in [7, 11) is -1.31. The highest BCUT2D eigenvalue weighted by atomic mass is 32.2. The van der Waals surface area contributed by atoms with Crippen LogP contribution in [0.25, 0.3) is 0 Å². The van der Waals surface area contributed by atoms with Gasteiger partial charge in [-0.1, -0.05) is 25.5 Å². The monoisotopic (exact) mass is 380 g/mol. The molecule has 1 saturated heterocycles. The summed E-state index contributed by atoms with van der Waals surface area (Å²) in [5.74, 6) is 1.28. The van der Waals surface area contributed by atoms with Crippen LogP contribution in [0.1, 0.15) is 50.2 Å². The van der Waals surface area contributed by atoms with Crippen LogP contribution in [-0.2, 0) is 22.9 Å². The molecule has 3 rings (SSSR count). The molecule has 2 aliphatic rings. The van der Waals surface area contributed by atoms with E-state index in [0.717, 1.165) is 50.7 Å². The van der Waals surface area contributed by atoms with E-state index in [1.807, 2.05) is 6.07 Å². The maximum absolute atomic E-state index is 12.2. The summed E-state index contributed by atoms with van der Waals surface area (Å²) in [5.41, 5.74) is 2.74. The molecular weight excluding hydrogens is 348 g/mol. The Hall–Kier alpha value is -1.11. The van der Waals surface area contributed by atoms with Crippen molar-refractivity contribution in [1.29, 1.82) is 0 Å². The molecule has 0 spiro atoms. The number of benzene rings is 1. The van der Waals surface area contributed by atoms with Crippen molar-refractivity contribution in [2.45, 2.75) is 57.4 Å². The lowest BCUT2D eigenvalue weighted by Crippen LogP contribution is -2.52. The van der Waals surface area contributed by atoms with Crippen LogP contribution >= 0.6 is 0 Å². The predicted octanol–water partition coefficient (Wildman–Crippen LogP) is 2.74. The summed E-state index contributed by atoms with van der Waals surface area (Å²) in [6.45, 7) is 4.17. The van der Waals surface area contributed by atoms with E-state index in [4.69, 9.17) is 4.74 Å². The van der Waals surface area contributed by atoms with Gasteiger partial charge in [-0.05, 0) is 55.7 Å². The van der Waals surface area contributed by atoms with Crippen LogP contribution in [-0.4, -0.2) is 50.8 Å². The maximum Gasteiger partial charge on any atom is 0.214 e. The molecule has 1 heterocycles. The van der Waals surface area contributed by atoms with Gasteiger partial charge in [0.05, 0.1) is 12.9 Å². The minimum atomic E-state index is -3.04. The van der Waals surface area contributed by atoms with Crippen molar-refractivity contribution in [3.8, 4) is 5.75 Å². The molecule has 26 heavy (non-hydrogen) atoms. The minimum absolute atomic E-state index is 0.0376. The SMILES string of the molecule is CCCC1(NCCN2CCCCS2(=O)=O)CCc2cccc(OC)c2C1. The first-order chi connectivity index (χ1) is 12.5. The van der Waals surface area contributed by atoms with Crippen molar-refractivity contribution in [3.05, 3.63) is 29.3 Å². The zero-order valence-electron chi connectivity index (χ0n) is 16.1. The lowest BCUT2D eigenvalue weighted by Gasteiger charge is -2.40. The fourth-order valence-electron chi connectivity index (χ4n) is 4.51. The third kappa shape index (κ3) is 4.24. The van der Waals surface area contributed by atoms with Gasteiger partial charge in [0, 0.05) is 25.2 Å². The van der Waals surface area contributed by atoms with E-state index in [9.17, 15) is 8.42 Å². The molecular formula is C20H32N2O3S. The average Bonchev–Trinajstić information content (AvgIpc) is 2.63. The average molecular weight is 381 g/mol. The van der Waals surface area contributed by atoms with Gasteiger partial charge in [-0.2, -0.15) is 0 Å². The van der Waals surface area contributed by atoms with Crippen molar-refractivity contribution < 1.29 is 13.2 Å². The number of nitrogens with zero attached hydrogens (tertiary/aromatic N) is 1. The van der Waals surface area contributed by atoms with Gasteiger partial charge in [0.15, 0.2) is 0 Å². The van der Waals surface area contributed by atoms with E-state index in [2.05, 4.69) is 24.4 Å². The summed E-state index contributed by atoms with van der Waals surface area (Å²) >= 11 is 0. The molecule has 146 valence electrons. The highest BCUT2D eigenvalue weighted by molar-refractivity contribution is 7.89. The second-order valence-corrected chi connectivity index (χ2v) is 9.74. The van der Waals surface area contributed by atoms with Gasteiger partial charge >= 0.3 is 0 Å². The summed E-state index contributed by atoms with van der Waals surface area (Å²) in [6.07, 6.45) is 7.06. The van der Waals surface area contributed by atoms with Crippen LogP contribution < -0.4 is 10.1 Å². The summed E-state index contributed by atoms with van der Waals surface area (Å²) in [5, 5.41) is 3.75. The van der Waals surface area contributed by atoms with Crippen molar-refractivity contribution in [2.75, 3.05) is 32.5 Å². The van der Waals surface area contributed by atoms with E-state index >= 15 is 0 Å². The number of fused-ring (bicyclic) bond motifs is 1. The number of hydrogen-bond donors (Lipinski definition) is 1. The summed E-state index contributed by atoms with van der Waals surface area (Å²) < 4.78 is 31.7. The van der Waals surface area contributed by atoms with Gasteiger partial charge in [-0.3, -0.25) is 0 Å². The normalized spacial score (nSPS) is 25.6. The Morgan fingerprint density at radius 3 is 2.88 bits per heavy atom. The number of aryl methyl sites for hydroxylation is 1. The molecule has 1 aromatic rings. The quantitative estimate of drug-likeness (QED) is 0.790. The Bertz CT molecular complexity index is 706. The van der Waals surface area contributed by atoms with Crippen molar-refractivity contribution in [2.24, 2.45) is 0 Å². The van der Waals surface area contributed by atoms with Crippen LogP contribution in [0.2, 0.25) is 0 Å². The molecule has 1 N–H and O–H groups in total. The first-order valence-electron chi connectivity index (χ1n) is 9.87. The van der Waals surface area contributed by atoms with Gasteiger partial charge in [0.25, 0.3) is 0 Å². The molecule has 1 atom stereocenters. The Labute approximate surface area is 158 Å². The molecule has 1 aliphatic heterocycles. The molecule has 0 aromatic heterocycles. The van der Waals surface area contributed by atoms with Crippen LogP contribution in [0.3, 0.4) is 0 Å². The number of sulfonamides is 1. The highest BCUT2D eigenvalue weighted by Gasteiger charge is 2.35. The minimum Gasteiger partial charge on any atom is -0.496 e. The molecule has 1 aliphatic carbocycles. The maximum atomic E-state index is 12.2. The standard InChI is InChI=1S/C20H32N2O3S/c1-3-10-20(21-12-14-22-13-4-5-15-26(22,23)24)11-9-17-7-6-8-19(25-2)18(17)16-20/h6-8,21H,3-5,9-16H2,1-2H3. The van der Waals surface area contributed by atoms with E-state index in [1.165, 1.54) is 11.1 Å². The predicted molar refractivity (Wildman–Crippen MR) is 105 cm³/mol. The highest BCUT2D eigenvalue weighted by Crippen LogP contribution is 2.36. The lowest BCUT2D eigenvalue weighted by molar-refractivity contribution is 0.248. The number of methoxy groups -OCH3 is 1. The molecule has 0 radical (unpaired) electrons. The van der Waals surface area contributed by atoms with Gasteiger partial charge in [0.1, 0.15) is 5.75 Å². The number of ether oxygens (including phenoxy) is 1.